The fourth-order valence-corrected chi connectivity index (χ4v) is 3.46. The van der Waals surface area contributed by atoms with E-state index in [2.05, 4.69) is 11.4 Å². The number of aryl methyl sites for hydroxylation is 2. The molecule has 1 aliphatic heterocycles. The molecule has 0 bridgehead atoms. The minimum Gasteiger partial charge on any atom is -0.459 e. The summed E-state index contributed by atoms with van der Waals surface area (Å²) < 4.78 is 5.15. The van der Waals surface area contributed by atoms with Crippen molar-refractivity contribution >= 4 is 29.2 Å². The van der Waals surface area contributed by atoms with Crippen LogP contribution >= 0.6 is 0 Å². The second-order valence-corrected chi connectivity index (χ2v) is 7.77. The number of carbonyl (C=O) groups is 3. The monoisotopic (exact) mass is 394 g/mol. The van der Waals surface area contributed by atoms with Crippen molar-refractivity contribution in [3.05, 3.63) is 59.2 Å². The summed E-state index contributed by atoms with van der Waals surface area (Å²) in [5.41, 5.74) is 3.99. The lowest BCUT2D eigenvalue weighted by Crippen LogP contribution is -2.28. The van der Waals surface area contributed by atoms with Crippen LogP contribution in [0.3, 0.4) is 0 Å². The molecule has 2 aromatic carbocycles. The number of carbonyl (C=O) groups excluding carboxylic acids is 3. The average molecular weight is 394 g/mol. The van der Waals surface area contributed by atoms with E-state index in [4.69, 9.17) is 4.74 Å². The molecule has 1 fully saturated rings. The molecule has 1 atom stereocenters. The predicted molar refractivity (Wildman–Crippen MR) is 112 cm³/mol. The summed E-state index contributed by atoms with van der Waals surface area (Å²) in [6, 6.07) is 12.5. The standard InChI is InChI=1S/C23H26N2O4/c1-14(2)29-23(28)17-5-7-19(8-6-17)24-22(27)18-12-21(26)25(13-18)20-10-15(3)9-16(4)11-20/h5-11,14,18H,12-13H2,1-4H3,(H,24,27)/t18-/m0/s1. The summed E-state index contributed by atoms with van der Waals surface area (Å²) in [7, 11) is 0. The van der Waals surface area contributed by atoms with Crippen molar-refractivity contribution in [1.82, 2.24) is 0 Å². The van der Waals surface area contributed by atoms with Gasteiger partial charge in [-0.25, -0.2) is 4.79 Å². The molecule has 0 saturated carbocycles. The van der Waals surface area contributed by atoms with Gasteiger partial charge in [-0.05, 0) is 75.2 Å². The predicted octanol–water partition coefficient (Wildman–Crippen LogP) is 3.86. The Labute approximate surface area is 170 Å². The number of nitrogens with one attached hydrogen (secondary N) is 1. The van der Waals surface area contributed by atoms with Gasteiger partial charge in [0.1, 0.15) is 0 Å². The van der Waals surface area contributed by atoms with Gasteiger partial charge >= 0.3 is 5.97 Å². The van der Waals surface area contributed by atoms with Crippen LogP contribution in [0, 0.1) is 19.8 Å². The van der Waals surface area contributed by atoms with Crippen LogP contribution in [0.15, 0.2) is 42.5 Å². The quantitative estimate of drug-likeness (QED) is 0.782. The molecule has 0 aromatic heterocycles. The van der Waals surface area contributed by atoms with Crippen LogP contribution < -0.4 is 10.2 Å². The van der Waals surface area contributed by atoms with E-state index in [9.17, 15) is 14.4 Å². The van der Waals surface area contributed by atoms with Crippen molar-refractivity contribution in [3.8, 4) is 0 Å². The Morgan fingerprint density at radius 1 is 1.07 bits per heavy atom. The fourth-order valence-electron chi connectivity index (χ4n) is 3.46. The molecular formula is C23H26N2O4. The lowest BCUT2D eigenvalue weighted by molar-refractivity contribution is -0.122. The number of amides is 2. The minimum atomic E-state index is -0.422. The summed E-state index contributed by atoms with van der Waals surface area (Å²) >= 11 is 0. The molecule has 29 heavy (non-hydrogen) atoms. The highest BCUT2D eigenvalue weighted by molar-refractivity contribution is 6.03. The Morgan fingerprint density at radius 3 is 2.28 bits per heavy atom. The van der Waals surface area contributed by atoms with E-state index in [1.54, 1.807) is 43.0 Å². The van der Waals surface area contributed by atoms with Gasteiger partial charge in [-0.15, -0.1) is 0 Å². The second-order valence-electron chi connectivity index (χ2n) is 7.77. The highest BCUT2D eigenvalue weighted by atomic mass is 16.5. The van der Waals surface area contributed by atoms with Crippen LogP contribution in [0.4, 0.5) is 11.4 Å². The zero-order chi connectivity index (χ0) is 21.1. The first-order valence-electron chi connectivity index (χ1n) is 9.73. The van der Waals surface area contributed by atoms with Gasteiger partial charge in [-0.1, -0.05) is 6.07 Å². The molecule has 0 aliphatic carbocycles. The molecular weight excluding hydrogens is 368 g/mol. The van der Waals surface area contributed by atoms with Gasteiger partial charge in [-0.3, -0.25) is 9.59 Å². The van der Waals surface area contributed by atoms with Crippen molar-refractivity contribution < 1.29 is 19.1 Å². The Balaban J connectivity index is 1.64. The fraction of sp³-hybridized carbons (Fsp3) is 0.348. The molecule has 152 valence electrons. The summed E-state index contributed by atoms with van der Waals surface area (Å²) in [6.45, 7) is 7.91. The van der Waals surface area contributed by atoms with Gasteiger partial charge in [0, 0.05) is 24.3 Å². The zero-order valence-electron chi connectivity index (χ0n) is 17.2. The van der Waals surface area contributed by atoms with E-state index in [1.165, 1.54) is 0 Å². The van der Waals surface area contributed by atoms with Crippen LogP contribution in [-0.4, -0.2) is 30.4 Å². The van der Waals surface area contributed by atoms with Crippen molar-refractivity contribution in [1.29, 1.82) is 0 Å². The molecule has 2 amide bonds. The Hall–Kier alpha value is -3.15. The molecule has 6 heteroatoms. The van der Waals surface area contributed by atoms with E-state index in [1.807, 2.05) is 26.0 Å². The highest BCUT2D eigenvalue weighted by Gasteiger charge is 2.35. The highest BCUT2D eigenvalue weighted by Crippen LogP contribution is 2.27. The molecule has 1 aliphatic rings. The third kappa shape index (κ3) is 5.02. The Morgan fingerprint density at radius 2 is 1.69 bits per heavy atom. The molecule has 0 spiro atoms. The third-order valence-corrected chi connectivity index (χ3v) is 4.74. The van der Waals surface area contributed by atoms with Crippen LogP contribution in [0.25, 0.3) is 0 Å². The maximum Gasteiger partial charge on any atom is 0.338 e. The normalized spacial score (nSPS) is 16.2. The third-order valence-electron chi connectivity index (χ3n) is 4.74. The number of rotatable bonds is 5. The van der Waals surface area contributed by atoms with Crippen molar-refractivity contribution in [2.45, 2.75) is 40.2 Å². The maximum absolute atomic E-state index is 12.7. The molecule has 1 N–H and O–H groups in total. The van der Waals surface area contributed by atoms with E-state index in [0.29, 0.717) is 17.8 Å². The zero-order valence-corrected chi connectivity index (χ0v) is 17.2. The van der Waals surface area contributed by atoms with Gasteiger partial charge in [0.2, 0.25) is 11.8 Å². The molecule has 3 rings (SSSR count). The summed E-state index contributed by atoms with van der Waals surface area (Å²) in [4.78, 5) is 38.7. The SMILES string of the molecule is Cc1cc(C)cc(N2C[C@@H](C(=O)Nc3ccc(C(=O)OC(C)C)cc3)CC2=O)c1. The van der Waals surface area contributed by atoms with E-state index < -0.39 is 11.9 Å². The van der Waals surface area contributed by atoms with Gasteiger partial charge in [0.25, 0.3) is 0 Å². The number of ether oxygens (including phenoxy) is 1. The van der Waals surface area contributed by atoms with Crippen LogP contribution in [0.5, 0.6) is 0 Å². The lowest BCUT2D eigenvalue weighted by Gasteiger charge is -2.18. The topological polar surface area (TPSA) is 75.7 Å². The molecule has 1 heterocycles. The van der Waals surface area contributed by atoms with Gasteiger partial charge in [-0.2, -0.15) is 0 Å². The summed E-state index contributed by atoms with van der Waals surface area (Å²) in [5, 5.41) is 2.84. The molecule has 0 radical (unpaired) electrons. The Kier molecular flexibility index (Phi) is 6.01. The second kappa shape index (κ2) is 8.47. The Bertz CT molecular complexity index is 914. The number of benzene rings is 2. The number of nitrogens with zero attached hydrogens (tertiary/aromatic N) is 1. The summed E-state index contributed by atoms with van der Waals surface area (Å²) in [6.07, 6.45) is -0.0145. The van der Waals surface area contributed by atoms with Gasteiger partial charge in [0.15, 0.2) is 0 Å². The number of hydrogen-bond donors (Lipinski definition) is 1. The molecule has 2 aromatic rings. The summed E-state index contributed by atoms with van der Waals surface area (Å²) in [5.74, 6) is -1.08. The van der Waals surface area contributed by atoms with Crippen molar-refractivity contribution in [2.75, 3.05) is 16.8 Å². The van der Waals surface area contributed by atoms with Crippen molar-refractivity contribution in [3.63, 3.8) is 0 Å². The minimum absolute atomic E-state index is 0.0538. The van der Waals surface area contributed by atoms with Gasteiger partial charge < -0.3 is 15.0 Å². The van der Waals surface area contributed by atoms with Crippen LogP contribution in [0.1, 0.15) is 41.8 Å². The van der Waals surface area contributed by atoms with E-state index in [-0.39, 0.29) is 24.3 Å². The largest absolute Gasteiger partial charge is 0.459 e. The van der Waals surface area contributed by atoms with Crippen LogP contribution in [0.2, 0.25) is 0 Å². The number of esters is 1. The maximum atomic E-state index is 12.7. The first-order chi connectivity index (χ1) is 13.7. The molecule has 1 saturated heterocycles. The smallest absolute Gasteiger partial charge is 0.338 e. The average Bonchev–Trinajstić information content (AvgIpc) is 3.03. The lowest BCUT2D eigenvalue weighted by atomic mass is 10.1. The van der Waals surface area contributed by atoms with Crippen molar-refractivity contribution in [2.24, 2.45) is 5.92 Å². The molecule has 6 nitrogen and oxygen atoms in total. The van der Waals surface area contributed by atoms with Crippen LogP contribution in [-0.2, 0) is 14.3 Å². The van der Waals surface area contributed by atoms with E-state index in [0.717, 1.165) is 16.8 Å². The number of anilines is 2. The molecule has 0 unspecified atom stereocenters. The first kappa shape index (κ1) is 20.6. The first-order valence-corrected chi connectivity index (χ1v) is 9.73. The van der Waals surface area contributed by atoms with E-state index >= 15 is 0 Å². The number of hydrogen-bond acceptors (Lipinski definition) is 4. The van der Waals surface area contributed by atoms with Gasteiger partial charge in [0.05, 0.1) is 17.6 Å².